The minimum absolute atomic E-state index is 0.0691. The summed E-state index contributed by atoms with van der Waals surface area (Å²) >= 11 is 0. The maximum Gasteiger partial charge on any atom is 0.254 e. The monoisotopic (exact) mass is 295 g/mol. The molecular formula is C19H21NO2. The molecule has 114 valence electrons. The second-order valence-corrected chi connectivity index (χ2v) is 5.80. The number of carbonyl (C=O) groups excluding carboxylic acids is 1. The van der Waals surface area contributed by atoms with Crippen molar-refractivity contribution in [3.05, 3.63) is 70.8 Å². The number of rotatable bonds is 4. The number of hydrogen-bond donors (Lipinski definition) is 0. The maximum absolute atomic E-state index is 12.8. The lowest BCUT2D eigenvalue weighted by atomic mass is 10.1. The number of fused-ring (bicyclic) bond motifs is 1. The molecule has 0 heterocycles. The average molecular weight is 295 g/mol. The molecule has 3 nitrogen and oxygen atoms in total. The van der Waals surface area contributed by atoms with Crippen molar-refractivity contribution >= 4 is 5.91 Å². The first-order chi connectivity index (χ1) is 10.7. The number of carbonyl (C=O) groups is 1. The predicted molar refractivity (Wildman–Crippen MR) is 86.8 cm³/mol. The minimum atomic E-state index is 0.0691. The Morgan fingerprint density at radius 1 is 1.23 bits per heavy atom. The molecule has 0 unspecified atom stereocenters. The van der Waals surface area contributed by atoms with Crippen LogP contribution in [-0.2, 0) is 17.8 Å². The van der Waals surface area contributed by atoms with Gasteiger partial charge in [0.25, 0.3) is 5.91 Å². The Morgan fingerprint density at radius 2 is 2.05 bits per heavy atom. The van der Waals surface area contributed by atoms with Crippen molar-refractivity contribution in [3.63, 3.8) is 0 Å². The molecule has 22 heavy (non-hydrogen) atoms. The first kappa shape index (κ1) is 14.8. The highest BCUT2D eigenvalue weighted by molar-refractivity contribution is 5.94. The fourth-order valence-electron chi connectivity index (χ4n) is 3.24. The van der Waals surface area contributed by atoms with Crippen molar-refractivity contribution in [2.45, 2.75) is 25.5 Å². The predicted octanol–water partition coefficient (Wildman–Crippen LogP) is 3.59. The molecule has 1 aliphatic rings. The normalized spacial score (nSPS) is 16.4. The van der Waals surface area contributed by atoms with Gasteiger partial charge in [0.1, 0.15) is 0 Å². The van der Waals surface area contributed by atoms with Gasteiger partial charge in [-0.1, -0.05) is 36.4 Å². The number of amides is 1. The van der Waals surface area contributed by atoms with Crippen molar-refractivity contribution in [2.24, 2.45) is 0 Å². The van der Waals surface area contributed by atoms with Crippen LogP contribution in [0.25, 0.3) is 0 Å². The lowest BCUT2D eigenvalue weighted by Gasteiger charge is -2.25. The van der Waals surface area contributed by atoms with Crippen LogP contribution in [-0.4, -0.2) is 25.0 Å². The summed E-state index contributed by atoms with van der Waals surface area (Å²) in [5.74, 6) is 0.0691. The van der Waals surface area contributed by atoms with Gasteiger partial charge in [-0.05, 0) is 41.7 Å². The molecule has 0 saturated heterocycles. The van der Waals surface area contributed by atoms with E-state index in [-0.39, 0.29) is 11.9 Å². The van der Waals surface area contributed by atoms with E-state index < -0.39 is 0 Å². The Hall–Kier alpha value is -2.13. The summed E-state index contributed by atoms with van der Waals surface area (Å²) in [5.41, 5.74) is 4.39. The summed E-state index contributed by atoms with van der Waals surface area (Å²) in [6.07, 6.45) is 2.04. The first-order valence-electron chi connectivity index (χ1n) is 7.63. The van der Waals surface area contributed by atoms with E-state index in [0.717, 1.165) is 24.0 Å². The summed E-state index contributed by atoms with van der Waals surface area (Å²) in [7, 11) is 3.56. The second-order valence-electron chi connectivity index (χ2n) is 5.80. The topological polar surface area (TPSA) is 29.5 Å². The molecule has 3 heteroatoms. The Morgan fingerprint density at radius 3 is 2.86 bits per heavy atom. The summed E-state index contributed by atoms with van der Waals surface area (Å²) in [5, 5.41) is 0. The van der Waals surface area contributed by atoms with Gasteiger partial charge >= 0.3 is 0 Å². The highest BCUT2D eigenvalue weighted by atomic mass is 16.5. The lowest BCUT2D eigenvalue weighted by molar-refractivity contribution is 0.0730. The van der Waals surface area contributed by atoms with Gasteiger partial charge in [-0.15, -0.1) is 0 Å². The van der Waals surface area contributed by atoms with Gasteiger partial charge in [0, 0.05) is 19.7 Å². The number of hydrogen-bond acceptors (Lipinski definition) is 2. The molecule has 3 rings (SSSR count). The van der Waals surface area contributed by atoms with E-state index in [9.17, 15) is 4.79 Å². The third kappa shape index (κ3) is 2.77. The Kier molecular flexibility index (Phi) is 4.25. The third-order valence-electron chi connectivity index (χ3n) is 4.37. The van der Waals surface area contributed by atoms with E-state index >= 15 is 0 Å². The smallest absolute Gasteiger partial charge is 0.254 e. The average Bonchev–Trinajstić information content (AvgIpc) is 2.98. The van der Waals surface area contributed by atoms with Gasteiger partial charge in [-0.2, -0.15) is 0 Å². The van der Waals surface area contributed by atoms with Crippen molar-refractivity contribution in [1.29, 1.82) is 0 Å². The zero-order valence-electron chi connectivity index (χ0n) is 13.1. The second kappa shape index (κ2) is 6.32. The SMILES string of the molecule is COCc1cccc(C(=O)N(C)[C@@H]2CCc3ccccc32)c1. The van der Waals surface area contributed by atoms with E-state index in [1.165, 1.54) is 11.1 Å². The Labute approximate surface area is 131 Å². The summed E-state index contributed by atoms with van der Waals surface area (Å²) in [6, 6.07) is 16.3. The van der Waals surface area contributed by atoms with Crippen LogP contribution >= 0.6 is 0 Å². The molecule has 0 fully saturated rings. The van der Waals surface area contributed by atoms with Gasteiger partial charge in [0.05, 0.1) is 12.6 Å². The fourth-order valence-corrected chi connectivity index (χ4v) is 3.24. The van der Waals surface area contributed by atoms with E-state index in [0.29, 0.717) is 6.61 Å². The number of nitrogens with zero attached hydrogens (tertiary/aromatic N) is 1. The standard InChI is InChI=1S/C19H21NO2/c1-20(18-11-10-15-7-3-4-9-17(15)18)19(21)16-8-5-6-14(12-16)13-22-2/h3-9,12,18H,10-11,13H2,1-2H3/t18-/m1/s1. The van der Waals surface area contributed by atoms with E-state index in [1.54, 1.807) is 7.11 Å². The quantitative estimate of drug-likeness (QED) is 0.862. The molecule has 0 radical (unpaired) electrons. The molecule has 1 aliphatic carbocycles. The van der Waals surface area contributed by atoms with Crippen LogP contribution in [0.1, 0.15) is 39.5 Å². The van der Waals surface area contributed by atoms with Crippen LogP contribution in [0.5, 0.6) is 0 Å². The van der Waals surface area contributed by atoms with Crippen LogP contribution < -0.4 is 0 Å². The summed E-state index contributed by atoms with van der Waals surface area (Å²) in [4.78, 5) is 14.7. The van der Waals surface area contributed by atoms with Crippen LogP contribution in [0.15, 0.2) is 48.5 Å². The number of ether oxygens (including phenoxy) is 1. The van der Waals surface area contributed by atoms with Crippen LogP contribution in [0.4, 0.5) is 0 Å². The molecule has 0 bridgehead atoms. The Balaban J connectivity index is 1.82. The van der Waals surface area contributed by atoms with Crippen molar-refractivity contribution in [1.82, 2.24) is 4.90 Å². The molecular weight excluding hydrogens is 274 g/mol. The molecule has 0 saturated carbocycles. The molecule has 2 aromatic carbocycles. The van der Waals surface area contributed by atoms with E-state index in [2.05, 4.69) is 24.3 Å². The largest absolute Gasteiger partial charge is 0.380 e. The number of methoxy groups -OCH3 is 1. The van der Waals surface area contributed by atoms with Gasteiger partial charge in [0.2, 0.25) is 0 Å². The van der Waals surface area contributed by atoms with E-state index in [4.69, 9.17) is 4.74 Å². The highest BCUT2D eigenvalue weighted by Gasteiger charge is 2.28. The van der Waals surface area contributed by atoms with Crippen molar-refractivity contribution < 1.29 is 9.53 Å². The van der Waals surface area contributed by atoms with Gasteiger partial charge in [0.15, 0.2) is 0 Å². The third-order valence-corrected chi connectivity index (χ3v) is 4.37. The molecule has 1 amide bonds. The summed E-state index contributed by atoms with van der Waals surface area (Å²) in [6.45, 7) is 0.525. The fraction of sp³-hybridized carbons (Fsp3) is 0.316. The zero-order valence-corrected chi connectivity index (χ0v) is 13.1. The molecule has 1 atom stereocenters. The van der Waals surface area contributed by atoms with Crippen LogP contribution in [0, 0.1) is 0 Å². The number of benzene rings is 2. The van der Waals surface area contributed by atoms with Gasteiger partial charge in [-0.25, -0.2) is 0 Å². The molecule has 0 aromatic heterocycles. The first-order valence-corrected chi connectivity index (χ1v) is 7.63. The lowest BCUT2D eigenvalue weighted by Crippen LogP contribution is -2.30. The zero-order chi connectivity index (χ0) is 15.5. The molecule has 0 aliphatic heterocycles. The molecule has 0 spiro atoms. The molecule has 0 N–H and O–H groups in total. The highest BCUT2D eigenvalue weighted by Crippen LogP contribution is 2.35. The van der Waals surface area contributed by atoms with Crippen molar-refractivity contribution in [2.75, 3.05) is 14.2 Å². The molecule has 2 aromatic rings. The number of aryl methyl sites for hydroxylation is 1. The Bertz CT molecular complexity index is 681. The minimum Gasteiger partial charge on any atom is -0.380 e. The van der Waals surface area contributed by atoms with Crippen molar-refractivity contribution in [3.8, 4) is 0 Å². The van der Waals surface area contributed by atoms with Crippen LogP contribution in [0.2, 0.25) is 0 Å². The summed E-state index contributed by atoms with van der Waals surface area (Å²) < 4.78 is 5.14. The van der Waals surface area contributed by atoms with Crippen LogP contribution in [0.3, 0.4) is 0 Å². The maximum atomic E-state index is 12.8. The van der Waals surface area contributed by atoms with Gasteiger partial charge in [-0.3, -0.25) is 4.79 Å². The van der Waals surface area contributed by atoms with Gasteiger partial charge < -0.3 is 9.64 Å². The van der Waals surface area contributed by atoms with E-state index in [1.807, 2.05) is 36.2 Å².